The first-order chi connectivity index (χ1) is 8.17. The Hall–Kier alpha value is -1.02. The van der Waals surface area contributed by atoms with E-state index < -0.39 is 0 Å². The fraction of sp³-hybridized carbons (Fsp3) is 0.600. The molecule has 2 nitrogen and oxygen atoms in total. The van der Waals surface area contributed by atoms with Crippen LogP contribution in [0.4, 0.5) is 5.69 Å². The normalized spacial score (nSPS) is 12.5. The summed E-state index contributed by atoms with van der Waals surface area (Å²) in [5, 5.41) is 0. The summed E-state index contributed by atoms with van der Waals surface area (Å²) < 4.78 is 0. The molecule has 0 bridgehead atoms. The zero-order valence-corrected chi connectivity index (χ0v) is 11.4. The van der Waals surface area contributed by atoms with Crippen LogP contribution in [0, 0.1) is 12.8 Å². The van der Waals surface area contributed by atoms with Gasteiger partial charge < -0.3 is 10.6 Å². The van der Waals surface area contributed by atoms with Gasteiger partial charge in [0.25, 0.3) is 0 Å². The van der Waals surface area contributed by atoms with Crippen molar-refractivity contribution < 1.29 is 0 Å². The van der Waals surface area contributed by atoms with Crippen molar-refractivity contribution >= 4 is 5.69 Å². The number of hydrogen-bond donors (Lipinski definition) is 1. The van der Waals surface area contributed by atoms with E-state index in [1.165, 1.54) is 17.7 Å². The molecule has 0 aliphatic carbocycles. The second-order valence-corrected chi connectivity index (χ2v) is 4.94. The van der Waals surface area contributed by atoms with E-state index in [0.717, 1.165) is 32.0 Å². The SMILES string of the molecule is CCC(C)CN(CCCN)c1ccc(C)cc1. The van der Waals surface area contributed by atoms with Crippen LogP contribution in [0.3, 0.4) is 0 Å². The number of aryl methyl sites for hydroxylation is 1. The number of nitrogens with two attached hydrogens (primary N) is 1. The van der Waals surface area contributed by atoms with Gasteiger partial charge in [-0.25, -0.2) is 0 Å². The molecule has 1 aromatic rings. The monoisotopic (exact) mass is 234 g/mol. The van der Waals surface area contributed by atoms with Gasteiger partial charge >= 0.3 is 0 Å². The number of benzene rings is 1. The van der Waals surface area contributed by atoms with Gasteiger partial charge in [-0.15, -0.1) is 0 Å². The highest BCUT2D eigenvalue weighted by molar-refractivity contribution is 5.47. The molecule has 1 atom stereocenters. The Bertz CT molecular complexity index is 305. The minimum Gasteiger partial charge on any atom is -0.371 e. The summed E-state index contributed by atoms with van der Waals surface area (Å²) in [5.41, 5.74) is 8.25. The maximum atomic E-state index is 5.62. The van der Waals surface area contributed by atoms with E-state index in [9.17, 15) is 0 Å². The first kappa shape index (κ1) is 14.0. The highest BCUT2D eigenvalue weighted by atomic mass is 15.1. The molecule has 0 saturated carbocycles. The van der Waals surface area contributed by atoms with E-state index in [2.05, 4.69) is 49.9 Å². The zero-order valence-electron chi connectivity index (χ0n) is 11.4. The number of hydrogen-bond acceptors (Lipinski definition) is 2. The Labute approximate surface area is 106 Å². The fourth-order valence-electron chi connectivity index (χ4n) is 1.87. The molecule has 0 fully saturated rings. The lowest BCUT2D eigenvalue weighted by molar-refractivity contribution is 0.539. The maximum absolute atomic E-state index is 5.62. The van der Waals surface area contributed by atoms with Gasteiger partial charge in [-0.1, -0.05) is 38.0 Å². The molecule has 0 aliphatic rings. The molecule has 0 aliphatic heterocycles. The molecule has 2 heteroatoms. The van der Waals surface area contributed by atoms with E-state index in [0.29, 0.717) is 0 Å². The lowest BCUT2D eigenvalue weighted by Crippen LogP contribution is -2.30. The van der Waals surface area contributed by atoms with Crippen LogP contribution in [0.15, 0.2) is 24.3 Å². The predicted octanol–water partition coefficient (Wildman–Crippen LogP) is 3.20. The Morgan fingerprint density at radius 1 is 1.24 bits per heavy atom. The highest BCUT2D eigenvalue weighted by Gasteiger charge is 2.09. The quantitative estimate of drug-likeness (QED) is 0.785. The van der Waals surface area contributed by atoms with Gasteiger partial charge in [0.2, 0.25) is 0 Å². The van der Waals surface area contributed by atoms with Gasteiger partial charge in [0.05, 0.1) is 0 Å². The molecular weight excluding hydrogens is 208 g/mol. The van der Waals surface area contributed by atoms with Gasteiger partial charge in [-0.3, -0.25) is 0 Å². The number of nitrogens with zero attached hydrogens (tertiary/aromatic N) is 1. The van der Waals surface area contributed by atoms with Crippen LogP contribution in [-0.2, 0) is 0 Å². The van der Waals surface area contributed by atoms with Gasteiger partial charge in [0, 0.05) is 18.8 Å². The Morgan fingerprint density at radius 3 is 2.41 bits per heavy atom. The number of rotatable bonds is 7. The summed E-state index contributed by atoms with van der Waals surface area (Å²) in [4.78, 5) is 2.46. The topological polar surface area (TPSA) is 29.3 Å². The van der Waals surface area contributed by atoms with Crippen molar-refractivity contribution in [2.24, 2.45) is 11.7 Å². The highest BCUT2D eigenvalue weighted by Crippen LogP contribution is 2.17. The van der Waals surface area contributed by atoms with Gasteiger partial charge in [0.1, 0.15) is 0 Å². The average molecular weight is 234 g/mol. The lowest BCUT2D eigenvalue weighted by atomic mass is 10.1. The van der Waals surface area contributed by atoms with Crippen LogP contribution >= 0.6 is 0 Å². The standard InChI is InChI=1S/C15H26N2/c1-4-13(2)12-17(11-5-10-16)15-8-6-14(3)7-9-15/h6-9,13H,4-5,10-12,16H2,1-3H3. The minimum atomic E-state index is 0.731. The molecule has 0 heterocycles. The van der Waals surface area contributed by atoms with Crippen LogP contribution in [0.1, 0.15) is 32.3 Å². The third kappa shape index (κ3) is 4.78. The smallest absolute Gasteiger partial charge is 0.0366 e. The summed E-state index contributed by atoms with van der Waals surface area (Å²) in [5.74, 6) is 0.731. The van der Waals surface area contributed by atoms with Crippen molar-refractivity contribution in [3.63, 3.8) is 0 Å². The van der Waals surface area contributed by atoms with Gasteiger partial charge in [0.15, 0.2) is 0 Å². The molecule has 1 rings (SSSR count). The van der Waals surface area contributed by atoms with Crippen LogP contribution < -0.4 is 10.6 Å². The summed E-state index contributed by atoms with van der Waals surface area (Å²) in [7, 11) is 0. The largest absolute Gasteiger partial charge is 0.371 e. The van der Waals surface area contributed by atoms with Crippen LogP contribution in [0.5, 0.6) is 0 Å². The van der Waals surface area contributed by atoms with Gasteiger partial charge in [-0.05, 0) is 37.9 Å². The van der Waals surface area contributed by atoms with Crippen molar-refractivity contribution in [3.8, 4) is 0 Å². The van der Waals surface area contributed by atoms with Crippen molar-refractivity contribution in [1.82, 2.24) is 0 Å². The van der Waals surface area contributed by atoms with Crippen molar-refractivity contribution in [2.75, 3.05) is 24.5 Å². The summed E-state index contributed by atoms with van der Waals surface area (Å²) in [6.07, 6.45) is 2.29. The fourth-order valence-corrected chi connectivity index (χ4v) is 1.87. The first-order valence-electron chi connectivity index (χ1n) is 6.69. The summed E-state index contributed by atoms with van der Waals surface area (Å²) in [6.45, 7) is 9.64. The average Bonchev–Trinajstić information content (AvgIpc) is 2.35. The van der Waals surface area contributed by atoms with E-state index in [1.54, 1.807) is 0 Å². The van der Waals surface area contributed by atoms with Crippen molar-refractivity contribution in [3.05, 3.63) is 29.8 Å². The third-order valence-corrected chi connectivity index (χ3v) is 3.26. The first-order valence-corrected chi connectivity index (χ1v) is 6.69. The van der Waals surface area contributed by atoms with Crippen LogP contribution in [-0.4, -0.2) is 19.6 Å². The van der Waals surface area contributed by atoms with E-state index in [-0.39, 0.29) is 0 Å². The predicted molar refractivity (Wildman–Crippen MR) is 76.5 cm³/mol. The minimum absolute atomic E-state index is 0.731. The molecule has 0 spiro atoms. The molecule has 0 amide bonds. The summed E-state index contributed by atoms with van der Waals surface area (Å²) in [6, 6.07) is 8.80. The van der Waals surface area contributed by atoms with E-state index >= 15 is 0 Å². The molecule has 0 radical (unpaired) electrons. The third-order valence-electron chi connectivity index (χ3n) is 3.26. The lowest BCUT2D eigenvalue weighted by Gasteiger charge is -2.27. The molecule has 96 valence electrons. The molecule has 1 unspecified atom stereocenters. The molecule has 0 aromatic heterocycles. The Kier molecular flexibility index (Phi) is 6.06. The second kappa shape index (κ2) is 7.33. The summed E-state index contributed by atoms with van der Waals surface area (Å²) >= 11 is 0. The Balaban J connectivity index is 2.70. The molecule has 0 saturated heterocycles. The van der Waals surface area contributed by atoms with Crippen molar-refractivity contribution in [2.45, 2.75) is 33.6 Å². The van der Waals surface area contributed by atoms with Crippen LogP contribution in [0.2, 0.25) is 0 Å². The number of anilines is 1. The van der Waals surface area contributed by atoms with Gasteiger partial charge in [-0.2, -0.15) is 0 Å². The molecular formula is C15H26N2. The van der Waals surface area contributed by atoms with Crippen LogP contribution in [0.25, 0.3) is 0 Å². The zero-order chi connectivity index (χ0) is 12.7. The molecule has 17 heavy (non-hydrogen) atoms. The maximum Gasteiger partial charge on any atom is 0.0366 e. The molecule has 1 aromatic carbocycles. The van der Waals surface area contributed by atoms with E-state index in [4.69, 9.17) is 5.73 Å². The van der Waals surface area contributed by atoms with E-state index in [1.807, 2.05) is 0 Å². The second-order valence-electron chi connectivity index (χ2n) is 4.94. The van der Waals surface area contributed by atoms with Crippen molar-refractivity contribution in [1.29, 1.82) is 0 Å². The molecule has 2 N–H and O–H groups in total. The Morgan fingerprint density at radius 2 is 1.88 bits per heavy atom.